The van der Waals surface area contributed by atoms with Crippen LogP contribution in [0.2, 0.25) is 0 Å². The van der Waals surface area contributed by atoms with Gasteiger partial charge in [-0.25, -0.2) is 18.7 Å². The van der Waals surface area contributed by atoms with Crippen molar-refractivity contribution in [1.29, 1.82) is 0 Å². The summed E-state index contributed by atoms with van der Waals surface area (Å²) < 4.78 is 37.7. The van der Waals surface area contributed by atoms with Crippen molar-refractivity contribution in [3.8, 4) is 0 Å². The first kappa shape index (κ1) is 24.8. The average Bonchev–Trinajstić information content (AvgIpc) is 2.88. The van der Waals surface area contributed by atoms with Gasteiger partial charge in [0.15, 0.2) is 6.29 Å². The van der Waals surface area contributed by atoms with Crippen LogP contribution in [0.4, 0.5) is 11.4 Å². The minimum absolute atomic E-state index is 0.110. The third kappa shape index (κ3) is 5.66. The number of hydrogen-bond donors (Lipinski definition) is 1. The molecule has 188 valence electrons. The Morgan fingerprint density at radius 1 is 1.09 bits per heavy atom. The number of benzene rings is 1. The predicted octanol–water partition coefficient (Wildman–Crippen LogP) is 1.41. The third-order valence-electron chi connectivity index (χ3n) is 6.39. The number of rotatable bonds is 7. The maximum atomic E-state index is 12.9. The summed E-state index contributed by atoms with van der Waals surface area (Å²) in [5.74, 6) is -0.504. The fraction of sp³-hybridized carbons (Fsp3) is 0.667. The second-order valence-electron chi connectivity index (χ2n) is 8.57. The number of piperidine rings is 1. The number of sulfonamides is 1. The first-order valence-electron chi connectivity index (χ1n) is 11.5. The Kier molecular flexibility index (Phi) is 7.99. The Hall–Kier alpha value is -2.32. The van der Waals surface area contributed by atoms with Gasteiger partial charge in [-0.3, -0.25) is 14.9 Å². The molecule has 1 N–H and O–H groups in total. The number of hydroxylamine groups is 1. The summed E-state index contributed by atoms with van der Waals surface area (Å²) in [7, 11) is -3.85. The second kappa shape index (κ2) is 11.0. The molecule has 1 amide bonds. The molecule has 0 bridgehead atoms. The Labute approximate surface area is 198 Å². The van der Waals surface area contributed by atoms with Crippen LogP contribution in [0.5, 0.6) is 0 Å². The highest BCUT2D eigenvalue weighted by molar-refractivity contribution is 7.89. The SMILES string of the molecule is O=C(NOC1CCCCO1)C1CCN(c2ccc(S(=O)(=O)N3CCOCC3)cc2[N+](=O)[O-])CC1. The van der Waals surface area contributed by atoms with Crippen molar-refractivity contribution >= 4 is 27.3 Å². The van der Waals surface area contributed by atoms with Crippen molar-refractivity contribution in [2.24, 2.45) is 5.92 Å². The van der Waals surface area contributed by atoms with Crippen LogP contribution < -0.4 is 10.4 Å². The smallest absolute Gasteiger partial charge is 0.293 e. The van der Waals surface area contributed by atoms with Crippen molar-refractivity contribution in [3.05, 3.63) is 28.3 Å². The summed E-state index contributed by atoms with van der Waals surface area (Å²) in [6.07, 6.45) is 3.27. The van der Waals surface area contributed by atoms with Crippen LogP contribution in [0.3, 0.4) is 0 Å². The van der Waals surface area contributed by atoms with Gasteiger partial charge in [0.25, 0.3) is 5.69 Å². The molecule has 0 spiro atoms. The van der Waals surface area contributed by atoms with E-state index in [0.717, 1.165) is 25.3 Å². The van der Waals surface area contributed by atoms with Crippen molar-refractivity contribution in [2.75, 3.05) is 50.9 Å². The number of carbonyl (C=O) groups excluding carboxylic acids is 1. The molecule has 0 aromatic heterocycles. The summed E-state index contributed by atoms with van der Waals surface area (Å²) in [6, 6.07) is 4.01. The van der Waals surface area contributed by atoms with Gasteiger partial charge < -0.3 is 14.4 Å². The minimum Gasteiger partial charge on any atom is -0.379 e. The maximum absolute atomic E-state index is 12.9. The molecular formula is C21H30N4O8S. The molecule has 0 saturated carbocycles. The predicted molar refractivity (Wildman–Crippen MR) is 120 cm³/mol. The Morgan fingerprint density at radius 3 is 2.47 bits per heavy atom. The summed E-state index contributed by atoms with van der Waals surface area (Å²) >= 11 is 0. The van der Waals surface area contributed by atoms with E-state index in [-0.39, 0.29) is 35.5 Å². The van der Waals surface area contributed by atoms with Crippen LogP contribution in [0.25, 0.3) is 0 Å². The summed E-state index contributed by atoms with van der Waals surface area (Å²) in [6.45, 7) is 2.47. The monoisotopic (exact) mass is 498 g/mol. The first-order chi connectivity index (χ1) is 16.4. The Bertz CT molecular complexity index is 984. The van der Waals surface area contributed by atoms with E-state index in [4.69, 9.17) is 14.3 Å². The zero-order valence-corrected chi connectivity index (χ0v) is 19.7. The van der Waals surface area contributed by atoms with E-state index in [1.165, 1.54) is 16.4 Å². The molecule has 13 heteroatoms. The topological polar surface area (TPSA) is 141 Å². The molecule has 0 aliphatic carbocycles. The van der Waals surface area contributed by atoms with Gasteiger partial charge >= 0.3 is 0 Å². The number of carbonyl (C=O) groups is 1. The average molecular weight is 499 g/mol. The maximum Gasteiger partial charge on any atom is 0.293 e. The van der Waals surface area contributed by atoms with Gasteiger partial charge in [0.05, 0.1) is 23.0 Å². The van der Waals surface area contributed by atoms with Gasteiger partial charge in [-0.05, 0) is 37.8 Å². The largest absolute Gasteiger partial charge is 0.379 e. The summed E-state index contributed by atoms with van der Waals surface area (Å²) in [4.78, 5) is 30.8. The highest BCUT2D eigenvalue weighted by atomic mass is 32.2. The second-order valence-corrected chi connectivity index (χ2v) is 10.5. The van der Waals surface area contributed by atoms with E-state index in [1.807, 2.05) is 4.90 Å². The van der Waals surface area contributed by atoms with Crippen LogP contribution >= 0.6 is 0 Å². The third-order valence-corrected chi connectivity index (χ3v) is 8.28. The van der Waals surface area contributed by atoms with E-state index in [0.29, 0.717) is 51.4 Å². The highest BCUT2D eigenvalue weighted by Crippen LogP contribution is 2.34. The number of anilines is 1. The van der Waals surface area contributed by atoms with E-state index in [2.05, 4.69) is 5.48 Å². The molecule has 12 nitrogen and oxygen atoms in total. The molecule has 4 rings (SSSR count). The molecule has 3 heterocycles. The van der Waals surface area contributed by atoms with Crippen molar-refractivity contribution in [2.45, 2.75) is 43.3 Å². The zero-order valence-electron chi connectivity index (χ0n) is 18.9. The number of nitrogens with one attached hydrogen (secondary N) is 1. The molecule has 3 aliphatic heterocycles. The molecule has 3 aliphatic rings. The van der Waals surface area contributed by atoms with Crippen LogP contribution in [0, 0.1) is 16.0 Å². The normalized spacial score (nSPS) is 22.9. The fourth-order valence-electron chi connectivity index (χ4n) is 4.41. The van der Waals surface area contributed by atoms with E-state index in [9.17, 15) is 23.3 Å². The lowest BCUT2D eigenvalue weighted by Gasteiger charge is -2.33. The number of amides is 1. The standard InChI is InChI=1S/C21H30N4O8S/c26-21(22-33-20-3-1-2-12-32-20)16-6-8-23(9-7-16)18-5-4-17(15-19(18)25(27)28)34(29,30)24-10-13-31-14-11-24/h4-5,15-16,20H,1-3,6-14H2,(H,22,26). The molecule has 3 fully saturated rings. The lowest BCUT2D eigenvalue weighted by Crippen LogP contribution is -2.42. The Balaban J connectivity index is 1.39. The number of hydrogen-bond acceptors (Lipinski definition) is 9. The van der Waals surface area contributed by atoms with Gasteiger partial charge in [-0.15, -0.1) is 0 Å². The van der Waals surface area contributed by atoms with Crippen molar-refractivity contribution < 1.29 is 32.4 Å². The van der Waals surface area contributed by atoms with Gasteiger partial charge in [-0.1, -0.05) is 0 Å². The van der Waals surface area contributed by atoms with E-state index < -0.39 is 21.2 Å². The lowest BCUT2D eigenvalue weighted by atomic mass is 9.95. The molecule has 0 radical (unpaired) electrons. The van der Waals surface area contributed by atoms with Gasteiger partial charge in [-0.2, -0.15) is 4.31 Å². The quantitative estimate of drug-likeness (QED) is 0.436. The number of ether oxygens (including phenoxy) is 2. The van der Waals surface area contributed by atoms with Crippen LogP contribution in [-0.2, 0) is 29.1 Å². The fourth-order valence-corrected chi connectivity index (χ4v) is 5.84. The summed E-state index contributed by atoms with van der Waals surface area (Å²) in [5.41, 5.74) is 2.57. The molecule has 1 unspecified atom stereocenters. The van der Waals surface area contributed by atoms with Gasteiger partial charge in [0.2, 0.25) is 15.9 Å². The number of nitro groups is 1. The zero-order chi connectivity index (χ0) is 24.1. The number of nitro benzene ring substituents is 1. The summed E-state index contributed by atoms with van der Waals surface area (Å²) in [5, 5.41) is 11.8. The molecule has 34 heavy (non-hydrogen) atoms. The van der Waals surface area contributed by atoms with Crippen LogP contribution in [-0.4, -0.2) is 75.8 Å². The van der Waals surface area contributed by atoms with E-state index in [1.54, 1.807) is 0 Å². The first-order valence-corrected chi connectivity index (χ1v) is 13.0. The van der Waals surface area contributed by atoms with Crippen molar-refractivity contribution in [1.82, 2.24) is 9.79 Å². The van der Waals surface area contributed by atoms with Crippen molar-refractivity contribution in [3.63, 3.8) is 0 Å². The molecule has 1 aromatic carbocycles. The molecular weight excluding hydrogens is 468 g/mol. The Morgan fingerprint density at radius 2 is 1.82 bits per heavy atom. The lowest BCUT2D eigenvalue weighted by molar-refractivity contribution is -0.384. The van der Waals surface area contributed by atoms with Crippen LogP contribution in [0.15, 0.2) is 23.1 Å². The van der Waals surface area contributed by atoms with Crippen LogP contribution in [0.1, 0.15) is 32.1 Å². The molecule has 1 aromatic rings. The number of morpholine rings is 1. The highest BCUT2D eigenvalue weighted by Gasteiger charge is 2.32. The van der Waals surface area contributed by atoms with Gasteiger partial charge in [0.1, 0.15) is 5.69 Å². The number of nitrogens with zero attached hydrogens (tertiary/aromatic N) is 3. The molecule has 3 saturated heterocycles. The minimum atomic E-state index is -3.85. The van der Waals surface area contributed by atoms with E-state index >= 15 is 0 Å². The molecule has 1 atom stereocenters. The van der Waals surface area contributed by atoms with Gasteiger partial charge in [0, 0.05) is 51.2 Å².